The van der Waals surface area contributed by atoms with Gasteiger partial charge in [-0.05, 0) is 25.3 Å². The van der Waals surface area contributed by atoms with Crippen LogP contribution in [0.2, 0.25) is 0 Å². The highest BCUT2D eigenvalue weighted by Crippen LogP contribution is 2.27. The van der Waals surface area contributed by atoms with Gasteiger partial charge in [0.05, 0.1) is 11.7 Å². The number of rotatable bonds is 4. The molecular formula is C16H28N4. The van der Waals surface area contributed by atoms with Crippen LogP contribution < -0.4 is 5.32 Å². The lowest BCUT2D eigenvalue weighted by molar-refractivity contribution is 0.187. The van der Waals surface area contributed by atoms with Crippen LogP contribution in [-0.4, -0.2) is 40.4 Å². The Labute approximate surface area is 122 Å². The fourth-order valence-corrected chi connectivity index (χ4v) is 3.55. The third-order valence-corrected chi connectivity index (χ3v) is 4.83. The molecule has 1 aliphatic heterocycles. The summed E-state index contributed by atoms with van der Waals surface area (Å²) in [6.45, 7) is 6.69. The Balaban J connectivity index is 1.56. The highest BCUT2D eigenvalue weighted by molar-refractivity contribution is 5.00. The molecule has 1 aromatic heterocycles. The maximum Gasteiger partial charge on any atom is 0.0764 e. The molecular weight excluding hydrogens is 248 g/mol. The highest BCUT2D eigenvalue weighted by Gasteiger charge is 2.20. The highest BCUT2D eigenvalue weighted by atomic mass is 15.3. The molecule has 1 unspecified atom stereocenters. The van der Waals surface area contributed by atoms with Crippen molar-refractivity contribution in [3.05, 3.63) is 18.0 Å². The maximum atomic E-state index is 4.83. The standard InChI is InChI=1S/C16H28N4/c1-2-14-12-19(11-9-17-14)13-15-8-10-20(18-15)16-6-4-3-5-7-16/h8,10,14,16-17H,2-7,9,11-13H2,1H3. The Morgan fingerprint density at radius 2 is 2.15 bits per heavy atom. The van der Waals surface area contributed by atoms with Gasteiger partial charge in [0.1, 0.15) is 0 Å². The molecule has 4 heteroatoms. The predicted octanol–water partition coefficient (Wildman–Crippen LogP) is 2.57. The van der Waals surface area contributed by atoms with Gasteiger partial charge in [-0.3, -0.25) is 9.58 Å². The fraction of sp³-hybridized carbons (Fsp3) is 0.812. The van der Waals surface area contributed by atoms with Crippen LogP contribution in [0, 0.1) is 0 Å². The van der Waals surface area contributed by atoms with Crippen LogP contribution in [0.1, 0.15) is 57.2 Å². The van der Waals surface area contributed by atoms with E-state index in [9.17, 15) is 0 Å². The van der Waals surface area contributed by atoms with E-state index in [0.717, 1.165) is 26.2 Å². The molecule has 0 spiro atoms. The lowest BCUT2D eigenvalue weighted by Gasteiger charge is -2.32. The Morgan fingerprint density at radius 1 is 1.30 bits per heavy atom. The maximum absolute atomic E-state index is 4.83. The van der Waals surface area contributed by atoms with Gasteiger partial charge in [-0.25, -0.2) is 0 Å². The number of hydrogen-bond donors (Lipinski definition) is 1. The van der Waals surface area contributed by atoms with Crippen molar-refractivity contribution >= 4 is 0 Å². The van der Waals surface area contributed by atoms with E-state index in [2.05, 4.69) is 34.1 Å². The Hall–Kier alpha value is -0.870. The second kappa shape index (κ2) is 6.72. The zero-order valence-electron chi connectivity index (χ0n) is 12.7. The average Bonchev–Trinajstić information content (AvgIpc) is 2.97. The predicted molar refractivity (Wildman–Crippen MR) is 81.7 cm³/mol. The van der Waals surface area contributed by atoms with Crippen LogP contribution in [0.25, 0.3) is 0 Å². The summed E-state index contributed by atoms with van der Waals surface area (Å²) >= 11 is 0. The first-order valence-electron chi connectivity index (χ1n) is 8.35. The number of nitrogens with zero attached hydrogens (tertiary/aromatic N) is 3. The summed E-state index contributed by atoms with van der Waals surface area (Å²) in [5.41, 5.74) is 1.24. The Kier molecular flexibility index (Phi) is 4.73. The van der Waals surface area contributed by atoms with Crippen LogP contribution in [0.3, 0.4) is 0 Å². The minimum atomic E-state index is 0.656. The molecule has 2 heterocycles. The van der Waals surface area contributed by atoms with Crippen molar-refractivity contribution in [1.82, 2.24) is 20.0 Å². The van der Waals surface area contributed by atoms with Gasteiger partial charge in [-0.15, -0.1) is 0 Å². The van der Waals surface area contributed by atoms with Crippen molar-refractivity contribution in [2.45, 2.75) is 64.1 Å². The summed E-state index contributed by atoms with van der Waals surface area (Å²) in [6.07, 6.45) is 10.2. The van der Waals surface area contributed by atoms with E-state index in [4.69, 9.17) is 5.10 Å². The van der Waals surface area contributed by atoms with E-state index in [-0.39, 0.29) is 0 Å². The molecule has 3 rings (SSSR count). The van der Waals surface area contributed by atoms with Crippen LogP contribution >= 0.6 is 0 Å². The molecule has 0 radical (unpaired) electrons. The minimum Gasteiger partial charge on any atom is -0.311 e. The van der Waals surface area contributed by atoms with E-state index in [0.29, 0.717) is 12.1 Å². The van der Waals surface area contributed by atoms with Crippen molar-refractivity contribution in [2.75, 3.05) is 19.6 Å². The van der Waals surface area contributed by atoms with Crippen LogP contribution in [0.5, 0.6) is 0 Å². The van der Waals surface area contributed by atoms with E-state index >= 15 is 0 Å². The molecule has 1 aliphatic carbocycles. The second-order valence-corrected chi connectivity index (χ2v) is 6.37. The summed E-state index contributed by atoms with van der Waals surface area (Å²) in [6, 6.07) is 3.53. The van der Waals surface area contributed by atoms with Gasteiger partial charge in [0.25, 0.3) is 0 Å². The van der Waals surface area contributed by atoms with Crippen molar-refractivity contribution in [3.8, 4) is 0 Å². The zero-order valence-corrected chi connectivity index (χ0v) is 12.7. The van der Waals surface area contributed by atoms with E-state index in [1.807, 2.05) is 0 Å². The topological polar surface area (TPSA) is 33.1 Å². The van der Waals surface area contributed by atoms with Crippen LogP contribution in [0.4, 0.5) is 0 Å². The van der Waals surface area contributed by atoms with Gasteiger partial charge < -0.3 is 5.32 Å². The Bertz CT molecular complexity index is 408. The summed E-state index contributed by atoms with van der Waals surface area (Å²) < 4.78 is 2.23. The van der Waals surface area contributed by atoms with Crippen molar-refractivity contribution < 1.29 is 0 Å². The quantitative estimate of drug-likeness (QED) is 0.917. The van der Waals surface area contributed by atoms with Gasteiger partial charge in [0.15, 0.2) is 0 Å². The van der Waals surface area contributed by atoms with Gasteiger partial charge in [0.2, 0.25) is 0 Å². The van der Waals surface area contributed by atoms with Gasteiger partial charge in [0, 0.05) is 38.4 Å². The lowest BCUT2D eigenvalue weighted by Crippen LogP contribution is -2.49. The zero-order chi connectivity index (χ0) is 13.8. The summed E-state index contributed by atoms with van der Waals surface area (Å²) in [5.74, 6) is 0. The van der Waals surface area contributed by atoms with E-state index in [1.54, 1.807) is 0 Å². The Morgan fingerprint density at radius 3 is 2.95 bits per heavy atom. The third kappa shape index (κ3) is 3.41. The summed E-state index contributed by atoms with van der Waals surface area (Å²) in [4.78, 5) is 2.54. The molecule has 2 fully saturated rings. The molecule has 1 saturated carbocycles. The van der Waals surface area contributed by atoms with E-state index < -0.39 is 0 Å². The van der Waals surface area contributed by atoms with Gasteiger partial charge in [-0.2, -0.15) is 5.10 Å². The average molecular weight is 276 g/mol. The van der Waals surface area contributed by atoms with Crippen LogP contribution in [0.15, 0.2) is 12.3 Å². The van der Waals surface area contributed by atoms with E-state index in [1.165, 1.54) is 44.2 Å². The molecule has 0 aromatic carbocycles. The van der Waals surface area contributed by atoms with Gasteiger partial charge >= 0.3 is 0 Å². The number of aromatic nitrogens is 2. The number of nitrogens with one attached hydrogen (secondary N) is 1. The first-order valence-corrected chi connectivity index (χ1v) is 8.35. The minimum absolute atomic E-state index is 0.656. The number of hydrogen-bond acceptors (Lipinski definition) is 3. The van der Waals surface area contributed by atoms with Crippen molar-refractivity contribution in [2.24, 2.45) is 0 Å². The van der Waals surface area contributed by atoms with Crippen molar-refractivity contribution in [3.63, 3.8) is 0 Å². The molecule has 0 bridgehead atoms. The monoisotopic (exact) mass is 276 g/mol. The van der Waals surface area contributed by atoms with Crippen LogP contribution in [-0.2, 0) is 6.54 Å². The normalized spacial score (nSPS) is 25.9. The van der Waals surface area contributed by atoms with Crippen molar-refractivity contribution in [1.29, 1.82) is 0 Å². The first kappa shape index (κ1) is 14.1. The fourth-order valence-electron chi connectivity index (χ4n) is 3.55. The summed E-state index contributed by atoms with van der Waals surface area (Å²) in [5, 5.41) is 8.41. The second-order valence-electron chi connectivity index (χ2n) is 6.37. The molecule has 2 aliphatic rings. The molecule has 1 N–H and O–H groups in total. The lowest BCUT2D eigenvalue weighted by atomic mass is 9.96. The largest absolute Gasteiger partial charge is 0.311 e. The molecule has 1 aromatic rings. The third-order valence-electron chi connectivity index (χ3n) is 4.83. The molecule has 0 amide bonds. The summed E-state index contributed by atoms with van der Waals surface area (Å²) in [7, 11) is 0. The molecule has 4 nitrogen and oxygen atoms in total. The van der Waals surface area contributed by atoms with Gasteiger partial charge in [-0.1, -0.05) is 26.2 Å². The smallest absolute Gasteiger partial charge is 0.0764 e. The SMILES string of the molecule is CCC1CN(Cc2ccn(C3CCCCC3)n2)CCN1. The molecule has 20 heavy (non-hydrogen) atoms. The molecule has 1 saturated heterocycles. The number of piperazine rings is 1. The molecule has 112 valence electrons. The first-order chi connectivity index (χ1) is 9.85. The molecule has 1 atom stereocenters.